The molecule has 0 aliphatic rings. The summed E-state index contributed by atoms with van der Waals surface area (Å²) in [6.45, 7) is 4.20. The van der Waals surface area contributed by atoms with Crippen molar-refractivity contribution in [2.24, 2.45) is 5.73 Å². The molecule has 0 spiro atoms. The first-order valence-electron chi connectivity index (χ1n) is 4.65. The lowest BCUT2D eigenvalue weighted by Gasteiger charge is -2.06. The average molecular weight is 286 g/mol. The van der Waals surface area contributed by atoms with E-state index in [4.69, 9.17) is 10.2 Å². The fraction of sp³-hybridized carbons (Fsp3) is 0.273. The van der Waals surface area contributed by atoms with E-state index in [0.29, 0.717) is 0 Å². The Balaban J connectivity index is 2.36. The van der Waals surface area contributed by atoms with Crippen molar-refractivity contribution in [2.45, 2.75) is 19.9 Å². The Morgan fingerprint density at radius 2 is 2.20 bits per heavy atom. The first kappa shape index (κ1) is 10.9. The predicted molar refractivity (Wildman–Crippen MR) is 66.2 cm³/mol. The third-order valence-electron chi connectivity index (χ3n) is 2.42. The van der Waals surface area contributed by atoms with E-state index in [1.165, 1.54) is 10.4 Å². The van der Waals surface area contributed by atoms with Crippen molar-refractivity contribution in [3.63, 3.8) is 0 Å². The summed E-state index contributed by atoms with van der Waals surface area (Å²) in [6, 6.07) is 3.81. The molecule has 0 aliphatic carbocycles. The molecule has 2 heterocycles. The molecule has 0 saturated heterocycles. The predicted octanol–water partition coefficient (Wildman–Crippen LogP) is 3.77. The van der Waals surface area contributed by atoms with E-state index < -0.39 is 0 Å². The molecule has 0 radical (unpaired) electrons. The molecule has 4 heteroatoms. The minimum absolute atomic E-state index is 0.174. The summed E-state index contributed by atoms with van der Waals surface area (Å²) in [4.78, 5) is 2.45. The average Bonchev–Trinajstić information content (AvgIpc) is 2.74. The molecule has 2 nitrogen and oxygen atoms in total. The van der Waals surface area contributed by atoms with Gasteiger partial charge in [-0.1, -0.05) is 0 Å². The maximum absolute atomic E-state index is 6.13. The van der Waals surface area contributed by atoms with E-state index in [-0.39, 0.29) is 6.04 Å². The van der Waals surface area contributed by atoms with E-state index in [2.05, 4.69) is 35.8 Å². The summed E-state index contributed by atoms with van der Waals surface area (Å²) in [7, 11) is 0. The molecule has 80 valence electrons. The number of hydrogen-bond donors (Lipinski definition) is 1. The largest absolute Gasteiger partial charge is 0.466 e. The van der Waals surface area contributed by atoms with Crippen LogP contribution in [0.25, 0.3) is 0 Å². The monoisotopic (exact) mass is 285 g/mol. The summed E-state index contributed by atoms with van der Waals surface area (Å²) in [5, 5.41) is 0. The maximum Gasteiger partial charge on any atom is 0.139 e. The molecule has 2 aromatic rings. The van der Waals surface area contributed by atoms with Crippen LogP contribution in [0.1, 0.15) is 27.1 Å². The van der Waals surface area contributed by atoms with Crippen LogP contribution in [0.4, 0.5) is 0 Å². The van der Waals surface area contributed by atoms with E-state index in [1.807, 2.05) is 6.07 Å². The highest BCUT2D eigenvalue weighted by atomic mass is 79.9. The summed E-state index contributed by atoms with van der Waals surface area (Å²) in [5.41, 5.74) is 7.42. The van der Waals surface area contributed by atoms with Gasteiger partial charge in [-0.2, -0.15) is 0 Å². The second-order valence-corrected chi connectivity index (χ2v) is 5.64. The Labute approximate surface area is 101 Å². The summed E-state index contributed by atoms with van der Waals surface area (Å²) in [6.07, 6.45) is 1.65. The third kappa shape index (κ3) is 2.02. The van der Waals surface area contributed by atoms with Gasteiger partial charge in [-0.15, -0.1) is 11.3 Å². The van der Waals surface area contributed by atoms with Gasteiger partial charge in [0.15, 0.2) is 0 Å². The second-order valence-electron chi connectivity index (χ2n) is 3.50. The molecule has 0 saturated carbocycles. The Hall–Kier alpha value is -0.580. The van der Waals surface area contributed by atoms with Crippen molar-refractivity contribution in [3.05, 3.63) is 43.9 Å². The molecule has 0 fully saturated rings. The smallest absolute Gasteiger partial charge is 0.139 e. The lowest BCUT2D eigenvalue weighted by molar-refractivity contribution is 0.489. The van der Waals surface area contributed by atoms with Gasteiger partial charge in [0.1, 0.15) is 5.76 Å². The van der Waals surface area contributed by atoms with Crippen molar-refractivity contribution in [1.82, 2.24) is 0 Å². The quantitative estimate of drug-likeness (QED) is 0.912. The minimum Gasteiger partial charge on any atom is -0.466 e. The highest BCUT2D eigenvalue weighted by molar-refractivity contribution is 9.10. The Morgan fingerprint density at radius 3 is 2.67 bits per heavy atom. The number of hydrogen-bond acceptors (Lipinski definition) is 3. The summed E-state index contributed by atoms with van der Waals surface area (Å²) in [5.74, 6) is 0.788. The van der Waals surface area contributed by atoms with Crippen LogP contribution >= 0.6 is 27.3 Å². The zero-order valence-electron chi connectivity index (χ0n) is 8.58. The molecule has 1 atom stereocenters. The molecule has 1 unspecified atom stereocenters. The normalized spacial score (nSPS) is 13.1. The Kier molecular flexibility index (Phi) is 3.00. The summed E-state index contributed by atoms with van der Waals surface area (Å²) < 4.78 is 6.29. The van der Waals surface area contributed by atoms with Gasteiger partial charge < -0.3 is 10.2 Å². The lowest BCUT2D eigenvalue weighted by Crippen LogP contribution is -2.09. The number of halogens is 1. The molecule has 0 aromatic carbocycles. The van der Waals surface area contributed by atoms with Crippen molar-refractivity contribution in [2.75, 3.05) is 0 Å². The van der Waals surface area contributed by atoms with Crippen LogP contribution < -0.4 is 5.73 Å². The Morgan fingerprint density at radius 1 is 1.47 bits per heavy atom. The van der Waals surface area contributed by atoms with E-state index in [0.717, 1.165) is 15.1 Å². The van der Waals surface area contributed by atoms with Gasteiger partial charge in [0.25, 0.3) is 0 Å². The standard InChI is InChI=1S/C11H12BrNOS/c1-6-5-9(15-7(6)2)10(13)11-8(12)3-4-14-11/h3-5,10H,13H2,1-2H3. The number of aryl methyl sites for hydroxylation is 2. The molecule has 2 aromatic heterocycles. The first-order chi connectivity index (χ1) is 7.09. The molecular formula is C11H12BrNOS. The fourth-order valence-electron chi connectivity index (χ4n) is 1.41. The molecule has 0 amide bonds. The molecule has 0 aliphatic heterocycles. The van der Waals surface area contributed by atoms with Gasteiger partial charge in [-0.05, 0) is 47.5 Å². The van der Waals surface area contributed by atoms with Crippen LogP contribution in [0.15, 0.2) is 27.3 Å². The van der Waals surface area contributed by atoms with Crippen LogP contribution in [-0.4, -0.2) is 0 Å². The SMILES string of the molecule is Cc1cc(C(N)c2occc2Br)sc1C. The van der Waals surface area contributed by atoms with Crippen molar-refractivity contribution in [3.8, 4) is 0 Å². The molecular weight excluding hydrogens is 274 g/mol. The molecule has 2 N–H and O–H groups in total. The van der Waals surface area contributed by atoms with Crippen LogP contribution in [0.2, 0.25) is 0 Å². The van der Waals surface area contributed by atoms with Crippen LogP contribution in [-0.2, 0) is 0 Å². The van der Waals surface area contributed by atoms with Gasteiger partial charge in [0.05, 0.1) is 16.8 Å². The summed E-state index contributed by atoms with van der Waals surface area (Å²) >= 11 is 5.14. The number of thiophene rings is 1. The van der Waals surface area contributed by atoms with Crippen LogP contribution in [0.3, 0.4) is 0 Å². The fourth-order valence-corrected chi connectivity index (χ4v) is 2.90. The molecule has 0 bridgehead atoms. The van der Waals surface area contributed by atoms with Gasteiger partial charge in [0.2, 0.25) is 0 Å². The molecule has 15 heavy (non-hydrogen) atoms. The van der Waals surface area contributed by atoms with Gasteiger partial charge in [-0.25, -0.2) is 0 Å². The van der Waals surface area contributed by atoms with Gasteiger partial charge in [-0.3, -0.25) is 0 Å². The van der Waals surface area contributed by atoms with Gasteiger partial charge in [0, 0.05) is 9.75 Å². The topological polar surface area (TPSA) is 39.2 Å². The first-order valence-corrected chi connectivity index (χ1v) is 6.26. The Bertz CT molecular complexity index is 455. The minimum atomic E-state index is -0.174. The zero-order valence-corrected chi connectivity index (χ0v) is 11.0. The van der Waals surface area contributed by atoms with E-state index in [1.54, 1.807) is 17.6 Å². The number of nitrogens with two attached hydrogens (primary N) is 1. The van der Waals surface area contributed by atoms with Crippen molar-refractivity contribution < 1.29 is 4.42 Å². The number of rotatable bonds is 2. The van der Waals surface area contributed by atoms with Gasteiger partial charge >= 0.3 is 0 Å². The van der Waals surface area contributed by atoms with E-state index >= 15 is 0 Å². The zero-order chi connectivity index (χ0) is 11.0. The van der Waals surface area contributed by atoms with Crippen LogP contribution in [0, 0.1) is 13.8 Å². The lowest BCUT2D eigenvalue weighted by atomic mass is 10.2. The van der Waals surface area contributed by atoms with Crippen LogP contribution in [0.5, 0.6) is 0 Å². The van der Waals surface area contributed by atoms with E-state index in [9.17, 15) is 0 Å². The highest BCUT2D eigenvalue weighted by Crippen LogP contribution is 2.32. The third-order valence-corrected chi connectivity index (χ3v) is 4.31. The number of furan rings is 1. The second kappa shape index (κ2) is 4.12. The van der Waals surface area contributed by atoms with Crippen molar-refractivity contribution >= 4 is 27.3 Å². The maximum atomic E-state index is 6.13. The highest BCUT2D eigenvalue weighted by Gasteiger charge is 2.17. The molecule has 2 rings (SSSR count). The van der Waals surface area contributed by atoms with Crippen molar-refractivity contribution in [1.29, 1.82) is 0 Å².